The van der Waals surface area contributed by atoms with Gasteiger partial charge in [0.1, 0.15) is 17.6 Å². The lowest BCUT2D eigenvalue weighted by atomic mass is 9.94. The Bertz CT molecular complexity index is 790. The van der Waals surface area contributed by atoms with Gasteiger partial charge in [0.25, 0.3) is 5.69 Å². The Kier molecular flexibility index (Phi) is 3.45. The second-order valence-electron chi connectivity index (χ2n) is 5.26. The van der Waals surface area contributed by atoms with Crippen molar-refractivity contribution in [1.29, 1.82) is 0 Å². The van der Waals surface area contributed by atoms with E-state index in [-0.39, 0.29) is 40.7 Å². The molecule has 3 rings (SSSR count). The van der Waals surface area contributed by atoms with Gasteiger partial charge in [0.15, 0.2) is 11.5 Å². The molecule has 0 bridgehead atoms. The minimum Gasteiger partial charge on any atom is -0.507 e. The Morgan fingerprint density at radius 3 is 2.48 bits per heavy atom. The van der Waals surface area contributed by atoms with Gasteiger partial charge in [0.05, 0.1) is 23.2 Å². The van der Waals surface area contributed by atoms with E-state index in [9.17, 15) is 30.5 Å². The van der Waals surface area contributed by atoms with Crippen LogP contribution >= 0.6 is 0 Å². The van der Waals surface area contributed by atoms with Crippen LogP contribution in [0.4, 0.5) is 5.69 Å². The number of nitro groups is 1. The van der Waals surface area contributed by atoms with Crippen LogP contribution in [0, 0.1) is 10.1 Å². The van der Waals surface area contributed by atoms with E-state index in [1.165, 1.54) is 24.3 Å². The van der Waals surface area contributed by atoms with Crippen molar-refractivity contribution in [1.82, 2.24) is 0 Å². The van der Waals surface area contributed by atoms with Crippen molar-refractivity contribution in [2.45, 2.75) is 18.6 Å². The first-order chi connectivity index (χ1) is 10.9. The topological polar surface area (TPSA) is 133 Å². The van der Waals surface area contributed by atoms with Gasteiger partial charge in [-0.3, -0.25) is 10.1 Å². The van der Waals surface area contributed by atoms with E-state index in [0.29, 0.717) is 5.56 Å². The smallest absolute Gasteiger partial charge is 0.276 e. The molecule has 2 aromatic rings. The van der Waals surface area contributed by atoms with Crippen LogP contribution in [0.3, 0.4) is 0 Å². The number of aromatic hydroxyl groups is 3. The zero-order valence-electron chi connectivity index (χ0n) is 11.7. The first kappa shape index (κ1) is 14.9. The van der Waals surface area contributed by atoms with Crippen molar-refractivity contribution in [2.24, 2.45) is 0 Å². The maximum Gasteiger partial charge on any atom is 0.276 e. The van der Waals surface area contributed by atoms with Gasteiger partial charge < -0.3 is 25.2 Å². The lowest BCUT2D eigenvalue weighted by Gasteiger charge is -2.31. The molecular weight excluding hydrogens is 306 g/mol. The molecule has 8 nitrogen and oxygen atoms in total. The molecular formula is C15H13NO7. The third kappa shape index (κ3) is 2.59. The maximum absolute atomic E-state index is 10.9. The van der Waals surface area contributed by atoms with Crippen molar-refractivity contribution in [2.75, 3.05) is 0 Å². The molecule has 2 atom stereocenters. The third-order valence-corrected chi connectivity index (χ3v) is 3.73. The summed E-state index contributed by atoms with van der Waals surface area (Å²) >= 11 is 0. The standard InChI is InChI=1S/C15H13NO7/c17-10-2-1-7(3-12(10)19)15-13(20)6-9-11(18)4-8(16(21)22)5-14(9)23-15/h1-5,13,15,17-20H,6H2. The summed E-state index contributed by atoms with van der Waals surface area (Å²) < 4.78 is 5.59. The Balaban J connectivity index is 2.01. The van der Waals surface area contributed by atoms with Gasteiger partial charge in [-0.05, 0) is 17.7 Å². The average molecular weight is 319 g/mol. The summed E-state index contributed by atoms with van der Waals surface area (Å²) in [5.41, 5.74) is 0.344. The van der Waals surface area contributed by atoms with Crippen LogP contribution in [-0.4, -0.2) is 31.5 Å². The van der Waals surface area contributed by atoms with Gasteiger partial charge in [-0.2, -0.15) is 0 Å². The molecule has 1 heterocycles. The molecule has 0 saturated carbocycles. The number of nitrogens with zero attached hydrogens (tertiary/aromatic N) is 1. The maximum atomic E-state index is 10.9. The molecule has 1 aliphatic heterocycles. The second kappa shape index (κ2) is 5.33. The lowest BCUT2D eigenvalue weighted by Crippen LogP contribution is -2.30. The first-order valence-corrected chi connectivity index (χ1v) is 6.73. The number of aliphatic hydroxyl groups is 1. The van der Waals surface area contributed by atoms with Crippen molar-refractivity contribution in [3.8, 4) is 23.0 Å². The SMILES string of the molecule is O=[N+]([O-])c1cc(O)c2c(c1)OC(c1ccc(O)c(O)c1)C(O)C2. The highest BCUT2D eigenvalue weighted by Gasteiger charge is 2.33. The van der Waals surface area contributed by atoms with E-state index in [4.69, 9.17) is 4.74 Å². The number of phenols is 3. The average Bonchev–Trinajstić information content (AvgIpc) is 2.50. The number of ether oxygens (including phenoxy) is 1. The number of fused-ring (bicyclic) bond motifs is 1. The number of hydrogen-bond donors (Lipinski definition) is 4. The molecule has 0 spiro atoms. The van der Waals surface area contributed by atoms with Crippen molar-refractivity contribution >= 4 is 5.69 Å². The van der Waals surface area contributed by atoms with E-state index >= 15 is 0 Å². The molecule has 0 aliphatic carbocycles. The molecule has 0 fully saturated rings. The van der Waals surface area contributed by atoms with Crippen LogP contribution in [0.1, 0.15) is 17.2 Å². The second-order valence-corrected chi connectivity index (χ2v) is 5.26. The van der Waals surface area contributed by atoms with Gasteiger partial charge in [-0.1, -0.05) is 6.07 Å². The van der Waals surface area contributed by atoms with Gasteiger partial charge >= 0.3 is 0 Å². The Morgan fingerprint density at radius 1 is 1.09 bits per heavy atom. The van der Waals surface area contributed by atoms with E-state index in [1.807, 2.05) is 0 Å². The summed E-state index contributed by atoms with van der Waals surface area (Å²) in [6, 6.07) is 6.13. The van der Waals surface area contributed by atoms with E-state index < -0.39 is 17.1 Å². The van der Waals surface area contributed by atoms with Crippen molar-refractivity contribution < 1.29 is 30.1 Å². The first-order valence-electron chi connectivity index (χ1n) is 6.73. The van der Waals surface area contributed by atoms with Gasteiger partial charge in [-0.25, -0.2) is 0 Å². The molecule has 23 heavy (non-hydrogen) atoms. The summed E-state index contributed by atoms with van der Waals surface area (Å²) in [5, 5.41) is 49.9. The Labute approximate surface area is 130 Å². The molecule has 0 saturated heterocycles. The largest absolute Gasteiger partial charge is 0.507 e. The predicted molar refractivity (Wildman–Crippen MR) is 77.6 cm³/mol. The zero-order valence-corrected chi connectivity index (χ0v) is 11.7. The third-order valence-electron chi connectivity index (χ3n) is 3.73. The van der Waals surface area contributed by atoms with Crippen LogP contribution in [0.5, 0.6) is 23.0 Å². The molecule has 2 aromatic carbocycles. The van der Waals surface area contributed by atoms with Gasteiger partial charge in [-0.15, -0.1) is 0 Å². The van der Waals surface area contributed by atoms with Crippen LogP contribution in [-0.2, 0) is 6.42 Å². The summed E-state index contributed by atoms with van der Waals surface area (Å²) in [6.07, 6.45) is -1.89. The number of aliphatic hydroxyl groups excluding tert-OH is 1. The fourth-order valence-electron chi connectivity index (χ4n) is 2.57. The summed E-state index contributed by atoms with van der Waals surface area (Å²) in [7, 11) is 0. The highest BCUT2D eigenvalue weighted by atomic mass is 16.6. The quantitative estimate of drug-likeness (QED) is 0.376. The number of non-ortho nitro benzene ring substituents is 1. The van der Waals surface area contributed by atoms with Gasteiger partial charge in [0, 0.05) is 12.0 Å². The molecule has 8 heteroatoms. The minimum atomic E-state index is -1.03. The van der Waals surface area contributed by atoms with Crippen LogP contribution in [0.2, 0.25) is 0 Å². The molecule has 0 aromatic heterocycles. The van der Waals surface area contributed by atoms with Crippen LogP contribution < -0.4 is 4.74 Å². The summed E-state index contributed by atoms with van der Waals surface area (Å²) in [4.78, 5) is 10.2. The zero-order chi connectivity index (χ0) is 16.7. The fourth-order valence-corrected chi connectivity index (χ4v) is 2.57. The van der Waals surface area contributed by atoms with E-state index in [0.717, 1.165) is 6.07 Å². The number of hydrogen-bond acceptors (Lipinski definition) is 7. The van der Waals surface area contributed by atoms with Crippen molar-refractivity contribution in [3.05, 3.63) is 51.6 Å². The molecule has 0 amide bonds. The Morgan fingerprint density at radius 2 is 1.83 bits per heavy atom. The molecule has 0 radical (unpaired) electrons. The molecule has 4 N–H and O–H groups in total. The lowest BCUT2D eigenvalue weighted by molar-refractivity contribution is -0.385. The Hall–Kier alpha value is -3.00. The molecule has 120 valence electrons. The number of nitro benzene ring substituents is 1. The minimum absolute atomic E-state index is 0.0332. The fraction of sp³-hybridized carbons (Fsp3) is 0.200. The summed E-state index contributed by atoms with van der Waals surface area (Å²) in [5.74, 6) is -0.904. The summed E-state index contributed by atoms with van der Waals surface area (Å²) in [6.45, 7) is 0. The van der Waals surface area contributed by atoms with Crippen molar-refractivity contribution in [3.63, 3.8) is 0 Å². The highest BCUT2D eigenvalue weighted by Crippen LogP contribution is 2.42. The monoisotopic (exact) mass is 319 g/mol. The van der Waals surface area contributed by atoms with Gasteiger partial charge in [0.2, 0.25) is 0 Å². The van der Waals surface area contributed by atoms with Crippen LogP contribution in [0.15, 0.2) is 30.3 Å². The molecule has 2 unspecified atom stereocenters. The highest BCUT2D eigenvalue weighted by molar-refractivity contribution is 5.54. The molecule has 1 aliphatic rings. The number of benzene rings is 2. The normalized spacial score (nSPS) is 19.7. The number of rotatable bonds is 2. The van der Waals surface area contributed by atoms with E-state index in [1.54, 1.807) is 0 Å². The number of phenolic OH excluding ortho intramolecular Hbond substituents is 3. The van der Waals surface area contributed by atoms with E-state index in [2.05, 4.69) is 0 Å². The predicted octanol–water partition coefficient (Wildman–Crippen LogP) is 1.75. The van der Waals surface area contributed by atoms with Crippen LogP contribution in [0.25, 0.3) is 0 Å².